The van der Waals surface area contributed by atoms with E-state index in [4.69, 9.17) is 6.58 Å². The fraction of sp³-hybridized carbons (Fsp3) is 0.571. The zero-order valence-corrected chi connectivity index (χ0v) is 5.59. The van der Waals surface area contributed by atoms with Gasteiger partial charge in [0.1, 0.15) is 0 Å². The second-order valence-electron chi connectivity index (χ2n) is 1.58. The SMILES string of the molecule is [CH]=CCCC(=O)OCC. The Morgan fingerprint density at radius 3 is 2.89 bits per heavy atom. The topological polar surface area (TPSA) is 26.3 Å². The van der Waals surface area contributed by atoms with E-state index in [-0.39, 0.29) is 5.97 Å². The van der Waals surface area contributed by atoms with Crippen molar-refractivity contribution in [1.29, 1.82) is 0 Å². The first kappa shape index (κ1) is 8.21. The van der Waals surface area contributed by atoms with E-state index >= 15 is 0 Å². The maximum atomic E-state index is 10.5. The number of rotatable bonds is 4. The van der Waals surface area contributed by atoms with Crippen molar-refractivity contribution in [1.82, 2.24) is 0 Å². The lowest BCUT2D eigenvalue weighted by Crippen LogP contribution is -2.02. The molecule has 2 heteroatoms. The summed E-state index contributed by atoms with van der Waals surface area (Å²) in [5, 5.41) is 0. The van der Waals surface area contributed by atoms with E-state index in [0.29, 0.717) is 19.4 Å². The van der Waals surface area contributed by atoms with Gasteiger partial charge in [0.25, 0.3) is 0 Å². The first-order valence-electron chi connectivity index (χ1n) is 3.00. The number of hydrogen-bond donors (Lipinski definition) is 0. The number of ether oxygens (including phenoxy) is 1. The van der Waals surface area contributed by atoms with Gasteiger partial charge in [-0.25, -0.2) is 0 Å². The van der Waals surface area contributed by atoms with Gasteiger partial charge in [0, 0.05) is 6.42 Å². The zero-order valence-electron chi connectivity index (χ0n) is 5.59. The molecule has 0 aromatic carbocycles. The molecule has 0 spiro atoms. The fourth-order valence-electron chi connectivity index (χ4n) is 0.434. The van der Waals surface area contributed by atoms with E-state index in [1.54, 1.807) is 6.92 Å². The number of carbonyl (C=O) groups excluding carboxylic acids is 1. The van der Waals surface area contributed by atoms with Gasteiger partial charge in [-0.1, -0.05) is 12.7 Å². The third kappa shape index (κ3) is 5.07. The molecule has 0 saturated carbocycles. The van der Waals surface area contributed by atoms with Crippen LogP contribution in [0.1, 0.15) is 19.8 Å². The Morgan fingerprint density at radius 1 is 1.78 bits per heavy atom. The van der Waals surface area contributed by atoms with Crippen molar-refractivity contribution < 1.29 is 9.53 Å². The summed E-state index contributed by atoms with van der Waals surface area (Å²) < 4.78 is 4.63. The Labute approximate surface area is 55.5 Å². The van der Waals surface area contributed by atoms with Crippen molar-refractivity contribution >= 4 is 5.97 Å². The van der Waals surface area contributed by atoms with Crippen LogP contribution in [0, 0.1) is 6.58 Å². The Morgan fingerprint density at radius 2 is 2.44 bits per heavy atom. The minimum absolute atomic E-state index is 0.181. The molecule has 0 N–H and O–H groups in total. The molecular formula is C7H11O2. The molecular weight excluding hydrogens is 116 g/mol. The summed E-state index contributed by atoms with van der Waals surface area (Å²) in [6.45, 7) is 7.27. The Hall–Kier alpha value is -0.790. The molecule has 51 valence electrons. The largest absolute Gasteiger partial charge is 0.466 e. The van der Waals surface area contributed by atoms with Gasteiger partial charge in [0.2, 0.25) is 0 Å². The normalized spacial score (nSPS) is 8.56. The summed E-state index contributed by atoms with van der Waals surface area (Å²) in [6.07, 6.45) is 2.44. The molecule has 9 heavy (non-hydrogen) atoms. The average molecular weight is 127 g/mol. The maximum absolute atomic E-state index is 10.5. The second kappa shape index (κ2) is 5.35. The number of esters is 1. The minimum Gasteiger partial charge on any atom is -0.466 e. The van der Waals surface area contributed by atoms with E-state index in [9.17, 15) is 4.79 Å². The van der Waals surface area contributed by atoms with E-state index in [1.165, 1.54) is 6.08 Å². The zero-order chi connectivity index (χ0) is 7.11. The minimum atomic E-state index is -0.181. The molecule has 0 aromatic heterocycles. The summed E-state index contributed by atoms with van der Waals surface area (Å²) in [6, 6.07) is 0. The number of allylic oxidation sites excluding steroid dienone is 1. The van der Waals surface area contributed by atoms with Crippen molar-refractivity contribution in [3.05, 3.63) is 12.7 Å². The van der Waals surface area contributed by atoms with Crippen LogP contribution in [0.3, 0.4) is 0 Å². The molecule has 0 saturated heterocycles. The molecule has 1 radical (unpaired) electrons. The van der Waals surface area contributed by atoms with Crippen LogP contribution in [0.25, 0.3) is 0 Å². The summed E-state index contributed by atoms with van der Waals surface area (Å²) in [7, 11) is 0. The van der Waals surface area contributed by atoms with E-state index in [2.05, 4.69) is 4.74 Å². The second-order valence-corrected chi connectivity index (χ2v) is 1.58. The lowest BCUT2D eigenvalue weighted by atomic mass is 10.3. The molecule has 0 rings (SSSR count). The molecule has 0 aliphatic heterocycles. The fourth-order valence-corrected chi connectivity index (χ4v) is 0.434. The van der Waals surface area contributed by atoms with Gasteiger partial charge in [-0.2, -0.15) is 0 Å². The number of carbonyl (C=O) groups is 1. The van der Waals surface area contributed by atoms with Gasteiger partial charge in [-0.15, -0.1) is 0 Å². The monoisotopic (exact) mass is 127 g/mol. The van der Waals surface area contributed by atoms with Crippen LogP contribution in [0.15, 0.2) is 6.08 Å². The highest BCUT2D eigenvalue weighted by Crippen LogP contribution is 1.91. The van der Waals surface area contributed by atoms with Crippen molar-refractivity contribution in [3.8, 4) is 0 Å². The Balaban J connectivity index is 3.16. The smallest absolute Gasteiger partial charge is 0.306 e. The highest BCUT2D eigenvalue weighted by molar-refractivity contribution is 5.69. The third-order valence-electron chi connectivity index (χ3n) is 0.820. The average Bonchev–Trinajstić information content (AvgIpc) is 1.85. The first-order chi connectivity index (χ1) is 4.31. The predicted octanol–water partition coefficient (Wildman–Crippen LogP) is 1.32. The summed E-state index contributed by atoms with van der Waals surface area (Å²) in [5.74, 6) is -0.181. The van der Waals surface area contributed by atoms with Gasteiger partial charge < -0.3 is 4.74 Å². The Kier molecular flexibility index (Phi) is 4.88. The molecule has 0 amide bonds. The van der Waals surface area contributed by atoms with E-state index < -0.39 is 0 Å². The summed E-state index contributed by atoms with van der Waals surface area (Å²) >= 11 is 0. The predicted molar refractivity (Wildman–Crippen MR) is 34.7 cm³/mol. The molecule has 0 bridgehead atoms. The van der Waals surface area contributed by atoms with E-state index in [1.807, 2.05) is 0 Å². The lowest BCUT2D eigenvalue weighted by molar-refractivity contribution is -0.142. The lowest BCUT2D eigenvalue weighted by Gasteiger charge is -1.96. The molecule has 2 nitrogen and oxygen atoms in total. The summed E-state index contributed by atoms with van der Waals surface area (Å²) in [4.78, 5) is 10.5. The maximum Gasteiger partial charge on any atom is 0.306 e. The van der Waals surface area contributed by atoms with Crippen molar-refractivity contribution in [2.45, 2.75) is 19.8 Å². The van der Waals surface area contributed by atoms with Crippen LogP contribution >= 0.6 is 0 Å². The number of hydrogen-bond acceptors (Lipinski definition) is 2. The molecule has 0 fully saturated rings. The van der Waals surface area contributed by atoms with Gasteiger partial charge in [0.05, 0.1) is 6.61 Å². The molecule has 0 heterocycles. The van der Waals surface area contributed by atoms with Crippen LogP contribution in [-0.2, 0) is 9.53 Å². The molecule has 0 unspecified atom stereocenters. The van der Waals surface area contributed by atoms with Crippen LogP contribution in [0.4, 0.5) is 0 Å². The molecule has 0 atom stereocenters. The van der Waals surface area contributed by atoms with Crippen molar-refractivity contribution in [2.75, 3.05) is 6.61 Å². The van der Waals surface area contributed by atoms with Gasteiger partial charge in [0.15, 0.2) is 0 Å². The highest BCUT2D eigenvalue weighted by atomic mass is 16.5. The van der Waals surface area contributed by atoms with Crippen LogP contribution in [0.2, 0.25) is 0 Å². The van der Waals surface area contributed by atoms with Gasteiger partial charge in [-0.3, -0.25) is 4.79 Å². The summed E-state index contributed by atoms with van der Waals surface area (Å²) in [5.41, 5.74) is 0. The van der Waals surface area contributed by atoms with Crippen molar-refractivity contribution in [2.24, 2.45) is 0 Å². The van der Waals surface area contributed by atoms with Crippen LogP contribution in [-0.4, -0.2) is 12.6 Å². The standard InChI is InChI=1S/C7H11O2/c1-3-5-6-7(8)9-4-2/h1,3H,4-6H2,2H3. The van der Waals surface area contributed by atoms with Crippen LogP contribution in [0.5, 0.6) is 0 Å². The van der Waals surface area contributed by atoms with E-state index in [0.717, 1.165) is 0 Å². The van der Waals surface area contributed by atoms with Crippen LogP contribution < -0.4 is 0 Å². The highest BCUT2D eigenvalue weighted by Gasteiger charge is 1.96. The molecule has 0 aliphatic carbocycles. The third-order valence-corrected chi connectivity index (χ3v) is 0.820. The first-order valence-corrected chi connectivity index (χ1v) is 3.00. The molecule has 0 aromatic rings. The Bertz CT molecular complexity index is 97.1. The van der Waals surface area contributed by atoms with Crippen molar-refractivity contribution in [3.63, 3.8) is 0 Å². The van der Waals surface area contributed by atoms with Gasteiger partial charge in [-0.05, 0) is 13.3 Å². The molecule has 0 aliphatic rings. The quantitative estimate of drug-likeness (QED) is 0.532. The van der Waals surface area contributed by atoms with Gasteiger partial charge >= 0.3 is 5.97 Å².